The Balaban J connectivity index is 2.23. The van der Waals surface area contributed by atoms with E-state index in [9.17, 15) is 9.18 Å². The molecule has 0 spiro atoms. The molecule has 0 bridgehead atoms. The normalized spacial score (nSPS) is 33.6. The first kappa shape index (κ1) is 9.78. The quantitative estimate of drug-likeness (QED) is 0.508. The molecule has 2 nitrogen and oxygen atoms in total. The van der Waals surface area contributed by atoms with Crippen LogP contribution in [0.1, 0.15) is 20.3 Å². The lowest BCUT2D eigenvalue weighted by Gasteiger charge is -2.06. The Bertz CT molecular complexity index is 191. The van der Waals surface area contributed by atoms with E-state index in [2.05, 4.69) is 0 Å². The van der Waals surface area contributed by atoms with Gasteiger partial charge in [0.2, 0.25) is 0 Å². The molecular weight excluding hydrogens is 183 g/mol. The van der Waals surface area contributed by atoms with E-state index in [0.29, 0.717) is 6.61 Å². The van der Waals surface area contributed by atoms with Crippen LogP contribution in [0.25, 0.3) is 0 Å². The first-order valence-corrected chi connectivity index (χ1v) is 4.35. The molecule has 0 aliphatic heterocycles. The van der Waals surface area contributed by atoms with E-state index in [0.717, 1.165) is 0 Å². The van der Waals surface area contributed by atoms with Crippen molar-refractivity contribution >= 4 is 17.6 Å². The van der Waals surface area contributed by atoms with Gasteiger partial charge in [0.15, 0.2) is 5.13 Å². The van der Waals surface area contributed by atoms with E-state index in [4.69, 9.17) is 16.3 Å². The molecule has 4 heteroatoms. The molecule has 70 valence electrons. The van der Waals surface area contributed by atoms with Crippen LogP contribution >= 0.6 is 11.6 Å². The van der Waals surface area contributed by atoms with Crippen molar-refractivity contribution in [3.8, 4) is 0 Å². The highest BCUT2D eigenvalue weighted by molar-refractivity contribution is 6.26. The number of esters is 1. The van der Waals surface area contributed by atoms with Crippen LogP contribution < -0.4 is 0 Å². The molecule has 0 amide bonds. The Labute approximate surface area is 76.0 Å². The Morgan fingerprint density at radius 2 is 2.33 bits per heavy atom. The van der Waals surface area contributed by atoms with Crippen molar-refractivity contribution in [1.29, 1.82) is 0 Å². The van der Waals surface area contributed by atoms with Gasteiger partial charge in [0, 0.05) is 6.42 Å². The third-order valence-corrected chi connectivity index (χ3v) is 2.09. The number of halogens is 2. The minimum atomic E-state index is -1.83. The molecule has 12 heavy (non-hydrogen) atoms. The average molecular weight is 195 g/mol. The molecule has 0 saturated heterocycles. The van der Waals surface area contributed by atoms with Gasteiger partial charge < -0.3 is 4.74 Å². The molecule has 0 heterocycles. The average Bonchev–Trinajstić information content (AvgIpc) is 2.55. The van der Waals surface area contributed by atoms with Gasteiger partial charge in [0.25, 0.3) is 0 Å². The summed E-state index contributed by atoms with van der Waals surface area (Å²) in [4.78, 5) is 11.0. The molecule has 0 aromatic rings. The van der Waals surface area contributed by atoms with Crippen LogP contribution in [0.2, 0.25) is 0 Å². The minimum Gasteiger partial charge on any atom is -0.465 e. The van der Waals surface area contributed by atoms with Gasteiger partial charge in [-0.05, 0) is 5.92 Å². The summed E-state index contributed by atoms with van der Waals surface area (Å²) in [5, 5.41) is -1.83. The van der Waals surface area contributed by atoms with Gasteiger partial charge in [0.1, 0.15) is 5.92 Å². The van der Waals surface area contributed by atoms with Crippen molar-refractivity contribution in [2.24, 2.45) is 11.8 Å². The van der Waals surface area contributed by atoms with Crippen LogP contribution in [0.5, 0.6) is 0 Å². The summed E-state index contributed by atoms with van der Waals surface area (Å²) >= 11 is 5.25. The summed E-state index contributed by atoms with van der Waals surface area (Å²) in [5.41, 5.74) is 0. The van der Waals surface area contributed by atoms with E-state index in [-0.39, 0.29) is 12.3 Å². The fraction of sp³-hybridized carbons (Fsp3) is 0.875. The molecule has 1 aliphatic carbocycles. The Hall–Kier alpha value is -0.310. The van der Waals surface area contributed by atoms with E-state index in [1.165, 1.54) is 0 Å². The number of ether oxygens (including phenoxy) is 1. The van der Waals surface area contributed by atoms with Crippen molar-refractivity contribution in [1.82, 2.24) is 0 Å². The summed E-state index contributed by atoms with van der Waals surface area (Å²) in [6.45, 7) is 4.18. The van der Waals surface area contributed by atoms with Crippen LogP contribution in [0.4, 0.5) is 4.39 Å². The third-order valence-electron chi connectivity index (χ3n) is 1.67. The highest BCUT2D eigenvalue weighted by Gasteiger charge is 2.59. The maximum absolute atomic E-state index is 12.7. The first-order valence-electron chi connectivity index (χ1n) is 3.98. The van der Waals surface area contributed by atoms with Crippen molar-refractivity contribution in [3.63, 3.8) is 0 Å². The van der Waals surface area contributed by atoms with Crippen LogP contribution in [-0.4, -0.2) is 17.7 Å². The van der Waals surface area contributed by atoms with Crippen molar-refractivity contribution < 1.29 is 13.9 Å². The highest BCUT2D eigenvalue weighted by atomic mass is 35.5. The SMILES string of the molecule is CC(C)COC(=O)[C@@H]1CC1(F)Cl. The standard InChI is InChI=1S/C8H12ClFO2/c1-5(2)4-12-7(11)6-3-8(6,9)10/h5-6H,3-4H2,1-2H3/t6-,8?/m0/s1. The maximum Gasteiger partial charge on any atom is 0.313 e. The molecule has 1 fully saturated rings. The lowest BCUT2D eigenvalue weighted by atomic mass is 10.2. The Morgan fingerprint density at radius 3 is 2.67 bits per heavy atom. The summed E-state index contributed by atoms with van der Waals surface area (Å²) in [6, 6.07) is 0. The fourth-order valence-electron chi connectivity index (χ4n) is 0.818. The van der Waals surface area contributed by atoms with Gasteiger partial charge in [-0.25, -0.2) is 4.39 Å². The molecule has 1 unspecified atom stereocenters. The Kier molecular flexibility index (Phi) is 2.61. The molecule has 0 aromatic heterocycles. The molecule has 0 N–H and O–H groups in total. The van der Waals surface area contributed by atoms with Crippen molar-refractivity contribution in [2.75, 3.05) is 6.61 Å². The number of carbonyl (C=O) groups excluding carboxylic acids is 1. The summed E-state index contributed by atoms with van der Waals surface area (Å²) in [7, 11) is 0. The van der Waals surface area contributed by atoms with E-state index in [1.54, 1.807) is 0 Å². The highest BCUT2D eigenvalue weighted by Crippen LogP contribution is 2.51. The van der Waals surface area contributed by atoms with E-state index >= 15 is 0 Å². The lowest BCUT2D eigenvalue weighted by Crippen LogP contribution is -2.14. The minimum absolute atomic E-state index is 0.0888. The van der Waals surface area contributed by atoms with Gasteiger partial charge in [0.05, 0.1) is 6.61 Å². The Morgan fingerprint density at radius 1 is 1.83 bits per heavy atom. The van der Waals surface area contributed by atoms with Gasteiger partial charge >= 0.3 is 5.97 Å². The van der Waals surface area contributed by atoms with Crippen molar-refractivity contribution in [2.45, 2.75) is 25.4 Å². The van der Waals surface area contributed by atoms with Crippen LogP contribution in [0.15, 0.2) is 0 Å². The molecular formula is C8H12ClFO2. The molecule has 1 aliphatic rings. The molecule has 1 saturated carbocycles. The smallest absolute Gasteiger partial charge is 0.313 e. The summed E-state index contributed by atoms with van der Waals surface area (Å²) < 4.78 is 17.5. The number of hydrogen-bond acceptors (Lipinski definition) is 2. The predicted octanol–water partition coefficient (Wildman–Crippen LogP) is 2.11. The molecule has 1 rings (SSSR count). The molecule has 0 radical (unpaired) electrons. The zero-order valence-corrected chi connectivity index (χ0v) is 7.90. The monoisotopic (exact) mass is 194 g/mol. The molecule has 0 aromatic carbocycles. The first-order chi connectivity index (χ1) is 5.43. The zero-order valence-electron chi connectivity index (χ0n) is 7.14. The fourth-order valence-corrected chi connectivity index (χ4v) is 1.06. The number of rotatable bonds is 3. The number of alkyl halides is 2. The maximum atomic E-state index is 12.7. The van der Waals surface area contributed by atoms with Crippen LogP contribution in [-0.2, 0) is 9.53 Å². The number of carbonyl (C=O) groups is 1. The third kappa shape index (κ3) is 2.34. The topological polar surface area (TPSA) is 26.3 Å². The predicted molar refractivity (Wildman–Crippen MR) is 43.6 cm³/mol. The van der Waals surface area contributed by atoms with Crippen LogP contribution in [0.3, 0.4) is 0 Å². The second-order valence-electron chi connectivity index (χ2n) is 3.54. The van der Waals surface area contributed by atoms with Crippen molar-refractivity contribution in [3.05, 3.63) is 0 Å². The summed E-state index contributed by atoms with van der Waals surface area (Å²) in [6.07, 6.45) is 0.0888. The van der Waals surface area contributed by atoms with Crippen LogP contribution in [0, 0.1) is 11.8 Å². The van der Waals surface area contributed by atoms with E-state index in [1.807, 2.05) is 13.8 Å². The van der Waals surface area contributed by atoms with Gasteiger partial charge in [-0.3, -0.25) is 4.79 Å². The zero-order chi connectivity index (χ0) is 9.35. The molecule has 2 atom stereocenters. The van der Waals surface area contributed by atoms with Gasteiger partial charge in [-0.2, -0.15) is 0 Å². The van der Waals surface area contributed by atoms with E-state index < -0.39 is 17.0 Å². The summed E-state index contributed by atoms with van der Waals surface area (Å²) in [5.74, 6) is -0.976. The number of hydrogen-bond donors (Lipinski definition) is 0. The largest absolute Gasteiger partial charge is 0.465 e. The second-order valence-corrected chi connectivity index (χ2v) is 4.17. The lowest BCUT2D eigenvalue weighted by molar-refractivity contribution is -0.146. The second kappa shape index (κ2) is 3.21. The van der Waals surface area contributed by atoms with Gasteiger partial charge in [-0.15, -0.1) is 0 Å². The van der Waals surface area contributed by atoms with Gasteiger partial charge in [-0.1, -0.05) is 25.4 Å².